The number of hydrogen-bond donors (Lipinski definition) is 3. The maximum atomic E-state index is 11.6. The lowest BCUT2D eigenvalue weighted by Crippen LogP contribution is -2.46. The SMILES string of the molecule is CCO/C(Nc1cccc(-c2cccc(C)c2OCc2ccc3c(c2)CCN(C2CCOCC2C)C3)n1)=C(/C=N)C(=O)O. The Balaban J connectivity index is 1.32. The van der Waals surface area contributed by atoms with E-state index in [1.165, 1.54) is 11.1 Å². The van der Waals surface area contributed by atoms with Gasteiger partial charge in [0.1, 0.15) is 23.7 Å². The van der Waals surface area contributed by atoms with Crippen LogP contribution in [0.25, 0.3) is 11.3 Å². The van der Waals surface area contributed by atoms with Crippen LogP contribution in [0.3, 0.4) is 0 Å². The average Bonchev–Trinajstić information content (AvgIpc) is 3.00. The number of fused-ring (bicyclic) bond motifs is 1. The van der Waals surface area contributed by atoms with E-state index in [1.54, 1.807) is 13.0 Å². The molecule has 0 radical (unpaired) electrons. The summed E-state index contributed by atoms with van der Waals surface area (Å²) in [4.78, 5) is 18.9. The molecule has 1 saturated heterocycles. The molecule has 5 rings (SSSR count). The molecule has 9 heteroatoms. The van der Waals surface area contributed by atoms with Gasteiger partial charge >= 0.3 is 5.97 Å². The minimum absolute atomic E-state index is 0.0341. The lowest BCUT2D eigenvalue weighted by atomic mass is 9.91. The van der Waals surface area contributed by atoms with Gasteiger partial charge in [-0.25, -0.2) is 9.78 Å². The molecule has 226 valence electrons. The van der Waals surface area contributed by atoms with Crippen molar-refractivity contribution in [2.75, 3.05) is 31.7 Å². The number of nitrogens with one attached hydrogen (secondary N) is 2. The number of hydrogen-bond acceptors (Lipinski definition) is 8. The van der Waals surface area contributed by atoms with Crippen molar-refractivity contribution in [3.8, 4) is 17.0 Å². The fourth-order valence-electron chi connectivity index (χ4n) is 5.93. The molecule has 3 aromatic rings. The summed E-state index contributed by atoms with van der Waals surface area (Å²) in [5.74, 6) is 0.409. The molecule has 2 aliphatic heterocycles. The predicted molar refractivity (Wildman–Crippen MR) is 166 cm³/mol. The van der Waals surface area contributed by atoms with E-state index in [2.05, 4.69) is 35.3 Å². The molecule has 9 nitrogen and oxygen atoms in total. The van der Waals surface area contributed by atoms with Crippen molar-refractivity contribution in [3.63, 3.8) is 0 Å². The maximum absolute atomic E-state index is 11.6. The van der Waals surface area contributed by atoms with Crippen LogP contribution in [0.15, 0.2) is 66.1 Å². The van der Waals surface area contributed by atoms with Gasteiger partial charge in [0.15, 0.2) is 0 Å². The first-order valence-corrected chi connectivity index (χ1v) is 14.9. The third kappa shape index (κ3) is 7.06. The minimum Gasteiger partial charge on any atom is -0.488 e. The number of aryl methyl sites for hydroxylation is 1. The molecule has 0 bridgehead atoms. The van der Waals surface area contributed by atoms with E-state index < -0.39 is 5.97 Å². The predicted octanol–water partition coefficient (Wildman–Crippen LogP) is 5.81. The summed E-state index contributed by atoms with van der Waals surface area (Å²) >= 11 is 0. The molecule has 0 spiro atoms. The summed E-state index contributed by atoms with van der Waals surface area (Å²) < 4.78 is 17.6. The van der Waals surface area contributed by atoms with E-state index in [9.17, 15) is 9.90 Å². The second-order valence-corrected chi connectivity index (χ2v) is 11.1. The van der Waals surface area contributed by atoms with Crippen LogP contribution >= 0.6 is 0 Å². The Morgan fingerprint density at radius 2 is 2.05 bits per heavy atom. The topological polar surface area (TPSA) is 117 Å². The maximum Gasteiger partial charge on any atom is 0.342 e. The number of pyridine rings is 1. The van der Waals surface area contributed by atoms with Crippen molar-refractivity contribution in [2.24, 2.45) is 5.92 Å². The van der Waals surface area contributed by atoms with E-state index in [0.29, 0.717) is 30.1 Å². The number of carbonyl (C=O) groups is 1. The molecular weight excluding hydrogens is 544 g/mol. The van der Waals surface area contributed by atoms with Crippen LogP contribution in [0.2, 0.25) is 0 Å². The Hall–Kier alpha value is -4.21. The number of anilines is 1. The number of carboxylic acid groups (broad SMARTS) is 1. The Labute approximate surface area is 253 Å². The quantitative estimate of drug-likeness (QED) is 0.147. The zero-order chi connectivity index (χ0) is 30.3. The highest BCUT2D eigenvalue weighted by atomic mass is 16.5. The van der Waals surface area contributed by atoms with Crippen LogP contribution in [0.5, 0.6) is 5.75 Å². The third-order valence-corrected chi connectivity index (χ3v) is 8.15. The number of aliphatic carboxylic acids is 1. The molecule has 2 unspecified atom stereocenters. The zero-order valence-corrected chi connectivity index (χ0v) is 25.1. The van der Waals surface area contributed by atoms with Crippen LogP contribution < -0.4 is 10.1 Å². The summed E-state index contributed by atoms with van der Waals surface area (Å²) in [5, 5.41) is 19.9. The fraction of sp³-hybridized carbons (Fsp3) is 0.382. The smallest absolute Gasteiger partial charge is 0.342 e. The summed E-state index contributed by atoms with van der Waals surface area (Å²) in [6.07, 6.45) is 2.89. The Morgan fingerprint density at radius 3 is 2.81 bits per heavy atom. The monoisotopic (exact) mass is 584 g/mol. The van der Waals surface area contributed by atoms with Gasteiger partial charge in [-0.2, -0.15) is 0 Å². The van der Waals surface area contributed by atoms with E-state index >= 15 is 0 Å². The molecular formula is C34H40N4O5. The van der Waals surface area contributed by atoms with Crippen LogP contribution in [-0.4, -0.2) is 59.6 Å². The summed E-state index contributed by atoms with van der Waals surface area (Å²) in [7, 11) is 0. The number of benzene rings is 2. The Morgan fingerprint density at radius 1 is 1.21 bits per heavy atom. The number of nitrogens with zero attached hydrogens (tertiary/aromatic N) is 2. The second-order valence-electron chi connectivity index (χ2n) is 11.1. The number of carboxylic acids is 1. The van der Waals surface area contributed by atoms with Gasteiger partial charge < -0.3 is 30.0 Å². The fourth-order valence-corrected chi connectivity index (χ4v) is 5.93. The van der Waals surface area contributed by atoms with Crippen LogP contribution in [0.1, 0.15) is 42.5 Å². The largest absolute Gasteiger partial charge is 0.488 e. The van der Waals surface area contributed by atoms with Crippen molar-refractivity contribution in [1.82, 2.24) is 9.88 Å². The van der Waals surface area contributed by atoms with Gasteiger partial charge in [-0.3, -0.25) is 4.90 Å². The molecule has 2 aliphatic rings. The van der Waals surface area contributed by atoms with Crippen molar-refractivity contribution in [1.29, 1.82) is 5.41 Å². The molecule has 43 heavy (non-hydrogen) atoms. The average molecular weight is 585 g/mol. The highest BCUT2D eigenvalue weighted by molar-refractivity contribution is 6.08. The molecule has 1 aromatic heterocycles. The minimum atomic E-state index is -1.26. The third-order valence-electron chi connectivity index (χ3n) is 8.15. The molecule has 1 fully saturated rings. The highest BCUT2D eigenvalue weighted by Crippen LogP contribution is 2.34. The van der Waals surface area contributed by atoms with Gasteiger partial charge in [0.25, 0.3) is 0 Å². The number of ether oxygens (including phenoxy) is 3. The normalized spacial score (nSPS) is 19.1. The standard InChI is InChI=1S/C34H40N4O5/c1-4-42-33(28(18-35)34(39)40)37-31-10-6-9-29(36-31)27-8-5-7-22(2)32(27)43-21-24-11-12-26-19-38(15-13-25(26)17-24)30-14-16-41-20-23(30)3/h5-12,17-18,23,30,35H,4,13-16,19-21H2,1-3H3,(H,36,37)(H,39,40)/b33-28-,35-18?. The molecule has 0 amide bonds. The molecule has 2 atom stereocenters. The van der Waals surface area contributed by atoms with Crippen LogP contribution in [-0.2, 0) is 33.8 Å². The molecule has 0 saturated carbocycles. The van der Waals surface area contributed by atoms with Crippen molar-refractivity contribution < 1.29 is 24.1 Å². The molecule has 2 aromatic carbocycles. The van der Waals surface area contributed by atoms with Crippen molar-refractivity contribution >= 4 is 18.0 Å². The number of aromatic nitrogens is 1. The van der Waals surface area contributed by atoms with Gasteiger partial charge in [0.05, 0.1) is 18.9 Å². The number of rotatable bonds is 11. The van der Waals surface area contributed by atoms with E-state index in [-0.39, 0.29) is 18.1 Å². The van der Waals surface area contributed by atoms with Crippen molar-refractivity contribution in [3.05, 3.63) is 88.3 Å². The van der Waals surface area contributed by atoms with Gasteiger partial charge in [-0.1, -0.05) is 43.3 Å². The van der Waals surface area contributed by atoms with E-state index in [1.807, 2.05) is 37.3 Å². The molecule has 3 N–H and O–H groups in total. The zero-order valence-electron chi connectivity index (χ0n) is 25.1. The second kappa shape index (κ2) is 13.8. The number of para-hydroxylation sites is 1. The van der Waals surface area contributed by atoms with Crippen molar-refractivity contribution in [2.45, 2.75) is 52.8 Å². The van der Waals surface area contributed by atoms with Gasteiger partial charge in [-0.15, -0.1) is 0 Å². The Bertz CT molecular complexity index is 1500. The van der Waals surface area contributed by atoms with E-state index in [4.69, 9.17) is 24.6 Å². The van der Waals surface area contributed by atoms with Gasteiger partial charge in [0.2, 0.25) is 5.88 Å². The van der Waals surface area contributed by atoms with Gasteiger partial charge in [0, 0.05) is 37.5 Å². The molecule has 0 aliphatic carbocycles. The first-order valence-electron chi connectivity index (χ1n) is 14.9. The lowest BCUT2D eigenvalue weighted by Gasteiger charge is -2.41. The first kappa shape index (κ1) is 30.3. The summed E-state index contributed by atoms with van der Waals surface area (Å²) in [6.45, 7) is 10.5. The first-order chi connectivity index (χ1) is 20.9. The van der Waals surface area contributed by atoms with Crippen LogP contribution in [0.4, 0.5) is 5.82 Å². The molecule has 3 heterocycles. The Kier molecular flexibility index (Phi) is 9.74. The summed E-state index contributed by atoms with van der Waals surface area (Å²) in [6, 6.07) is 18.7. The van der Waals surface area contributed by atoms with Crippen LogP contribution in [0, 0.1) is 18.3 Å². The highest BCUT2D eigenvalue weighted by Gasteiger charge is 2.30. The van der Waals surface area contributed by atoms with Gasteiger partial charge in [-0.05, 0) is 73.1 Å². The summed E-state index contributed by atoms with van der Waals surface area (Å²) in [5.41, 5.74) is 6.12. The lowest BCUT2D eigenvalue weighted by molar-refractivity contribution is -0.132. The van der Waals surface area contributed by atoms with E-state index in [0.717, 1.165) is 67.8 Å².